The fourth-order valence-electron chi connectivity index (χ4n) is 4.79. The normalized spacial score (nSPS) is 18.8. The van der Waals surface area contributed by atoms with E-state index in [1.165, 1.54) is 6.92 Å². The minimum atomic E-state index is -0.526. The molecule has 1 aliphatic heterocycles. The molecule has 206 valence electrons. The number of rotatable bonds is 9. The molecule has 1 heterocycles. The van der Waals surface area contributed by atoms with Crippen LogP contribution in [-0.4, -0.2) is 22.9 Å². The molecule has 3 atom stereocenters. The Morgan fingerprint density at radius 2 is 1.62 bits per heavy atom. The SMILES string of the molecule is CC(=O)Nc1ccc(SCC2CC(c3ccc(CO)cc3)OC(c3cccc(-c4cccc(CN)c4)c3)O2)cc1. The van der Waals surface area contributed by atoms with Crippen molar-refractivity contribution in [1.82, 2.24) is 0 Å². The van der Waals surface area contributed by atoms with Gasteiger partial charge in [0.15, 0.2) is 6.29 Å². The molecule has 4 aromatic rings. The number of nitrogens with two attached hydrogens (primary N) is 1. The van der Waals surface area contributed by atoms with Gasteiger partial charge in [-0.3, -0.25) is 4.79 Å². The molecule has 0 aromatic heterocycles. The summed E-state index contributed by atoms with van der Waals surface area (Å²) in [6.45, 7) is 2.01. The number of aliphatic hydroxyl groups is 1. The zero-order valence-corrected chi connectivity index (χ0v) is 23.3. The first-order chi connectivity index (χ1) is 19.5. The van der Waals surface area contributed by atoms with Gasteiger partial charge in [-0.2, -0.15) is 0 Å². The summed E-state index contributed by atoms with van der Waals surface area (Å²) in [5, 5.41) is 12.3. The molecule has 3 unspecified atom stereocenters. The van der Waals surface area contributed by atoms with Crippen molar-refractivity contribution in [1.29, 1.82) is 0 Å². The van der Waals surface area contributed by atoms with E-state index in [0.29, 0.717) is 13.0 Å². The Balaban J connectivity index is 1.36. The van der Waals surface area contributed by atoms with Crippen molar-refractivity contribution in [2.24, 2.45) is 5.73 Å². The monoisotopic (exact) mass is 554 g/mol. The van der Waals surface area contributed by atoms with E-state index in [0.717, 1.165) is 49.7 Å². The lowest BCUT2D eigenvalue weighted by atomic mass is 9.99. The van der Waals surface area contributed by atoms with Gasteiger partial charge in [0.2, 0.25) is 5.91 Å². The van der Waals surface area contributed by atoms with E-state index in [9.17, 15) is 9.90 Å². The van der Waals surface area contributed by atoms with Crippen molar-refractivity contribution in [3.63, 3.8) is 0 Å². The largest absolute Gasteiger partial charge is 0.392 e. The fourth-order valence-corrected chi connectivity index (χ4v) is 5.71. The topological polar surface area (TPSA) is 93.8 Å². The maximum Gasteiger partial charge on any atom is 0.221 e. The van der Waals surface area contributed by atoms with Gasteiger partial charge in [-0.25, -0.2) is 0 Å². The van der Waals surface area contributed by atoms with Crippen molar-refractivity contribution in [3.05, 3.63) is 119 Å². The van der Waals surface area contributed by atoms with E-state index >= 15 is 0 Å². The van der Waals surface area contributed by atoms with Crippen LogP contribution in [0.25, 0.3) is 11.1 Å². The van der Waals surface area contributed by atoms with Crippen LogP contribution in [0.2, 0.25) is 0 Å². The first kappa shape index (κ1) is 28.1. The molecule has 1 fully saturated rings. The maximum absolute atomic E-state index is 11.3. The molecular formula is C33H34N2O4S. The smallest absolute Gasteiger partial charge is 0.221 e. The summed E-state index contributed by atoms with van der Waals surface area (Å²) in [5.74, 6) is 0.666. The third-order valence-corrected chi connectivity index (χ3v) is 8.02. The summed E-state index contributed by atoms with van der Waals surface area (Å²) in [7, 11) is 0. The van der Waals surface area contributed by atoms with Crippen LogP contribution < -0.4 is 11.1 Å². The van der Waals surface area contributed by atoms with Crippen molar-refractivity contribution >= 4 is 23.4 Å². The molecule has 0 radical (unpaired) electrons. The standard InChI is InChI=1S/C33H34N2O4S/c1-22(37)35-29-12-14-31(15-13-29)40-21-30-18-32(25-10-8-23(20-36)9-11-25)39-33(38-30)28-7-3-6-27(17-28)26-5-2-4-24(16-26)19-34/h2-17,30,32-33,36H,18-21,34H2,1H3,(H,35,37). The molecule has 40 heavy (non-hydrogen) atoms. The number of benzene rings is 4. The zero-order chi connectivity index (χ0) is 27.9. The summed E-state index contributed by atoms with van der Waals surface area (Å²) >= 11 is 1.72. The van der Waals surface area contributed by atoms with Crippen LogP contribution in [0, 0.1) is 0 Å². The molecule has 6 nitrogen and oxygen atoms in total. The van der Waals surface area contributed by atoms with Crippen molar-refractivity contribution in [3.8, 4) is 11.1 Å². The van der Waals surface area contributed by atoms with E-state index in [4.69, 9.17) is 15.2 Å². The second-order valence-corrected chi connectivity index (χ2v) is 11.0. The summed E-state index contributed by atoms with van der Waals surface area (Å²) in [5.41, 5.74) is 12.8. The molecule has 4 N–H and O–H groups in total. The Bertz CT molecular complexity index is 1430. The number of nitrogens with one attached hydrogen (secondary N) is 1. The van der Waals surface area contributed by atoms with Crippen LogP contribution >= 0.6 is 11.8 Å². The molecule has 4 aromatic carbocycles. The number of hydrogen-bond acceptors (Lipinski definition) is 6. The third-order valence-electron chi connectivity index (χ3n) is 6.88. The van der Waals surface area contributed by atoms with Gasteiger partial charge in [0.1, 0.15) is 0 Å². The van der Waals surface area contributed by atoms with Gasteiger partial charge in [-0.1, -0.05) is 60.7 Å². The van der Waals surface area contributed by atoms with E-state index < -0.39 is 6.29 Å². The van der Waals surface area contributed by atoms with Gasteiger partial charge in [-0.05, 0) is 64.2 Å². The number of hydrogen-bond donors (Lipinski definition) is 3. The van der Waals surface area contributed by atoms with E-state index in [-0.39, 0.29) is 24.7 Å². The Labute approximate surface area is 239 Å². The molecule has 1 amide bonds. The maximum atomic E-state index is 11.3. The summed E-state index contributed by atoms with van der Waals surface area (Å²) < 4.78 is 13.1. The first-order valence-corrected chi connectivity index (χ1v) is 14.4. The average Bonchev–Trinajstić information content (AvgIpc) is 3.00. The third kappa shape index (κ3) is 7.18. The molecule has 0 spiro atoms. The number of carbonyl (C=O) groups is 1. The second-order valence-electron chi connectivity index (χ2n) is 9.90. The number of carbonyl (C=O) groups excluding carboxylic acids is 1. The molecule has 0 aliphatic carbocycles. The first-order valence-electron chi connectivity index (χ1n) is 13.4. The Morgan fingerprint density at radius 1 is 0.900 bits per heavy atom. The number of anilines is 1. The molecule has 1 aliphatic rings. The van der Waals surface area contributed by atoms with E-state index in [2.05, 4.69) is 29.6 Å². The number of thioether (sulfide) groups is 1. The van der Waals surface area contributed by atoms with Gasteiger partial charge >= 0.3 is 0 Å². The Morgan fingerprint density at radius 3 is 2.33 bits per heavy atom. The van der Waals surface area contributed by atoms with Crippen LogP contribution in [0.5, 0.6) is 0 Å². The van der Waals surface area contributed by atoms with Crippen molar-refractivity contribution in [2.45, 2.75) is 49.9 Å². The van der Waals surface area contributed by atoms with Gasteiger partial charge < -0.3 is 25.6 Å². The predicted octanol–water partition coefficient (Wildman–Crippen LogP) is 6.60. The Kier molecular flexibility index (Phi) is 9.31. The molecule has 5 rings (SSSR count). The highest BCUT2D eigenvalue weighted by Gasteiger charge is 2.32. The molecule has 7 heteroatoms. The summed E-state index contributed by atoms with van der Waals surface area (Å²) in [4.78, 5) is 12.4. The quantitative estimate of drug-likeness (QED) is 0.202. The van der Waals surface area contributed by atoms with Gasteiger partial charge in [0.05, 0.1) is 18.8 Å². The lowest BCUT2D eigenvalue weighted by Gasteiger charge is -2.36. The highest BCUT2D eigenvalue weighted by molar-refractivity contribution is 7.99. The number of aliphatic hydroxyl groups excluding tert-OH is 1. The van der Waals surface area contributed by atoms with Crippen LogP contribution in [0.4, 0.5) is 5.69 Å². The van der Waals surface area contributed by atoms with E-state index in [1.54, 1.807) is 11.8 Å². The lowest BCUT2D eigenvalue weighted by molar-refractivity contribution is -0.245. The highest BCUT2D eigenvalue weighted by Crippen LogP contribution is 2.40. The second kappa shape index (κ2) is 13.3. The minimum Gasteiger partial charge on any atom is -0.392 e. The van der Waals surface area contributed by atoms with Gasteiger partial charge in [0, 0.05) is 41.8 Å². The summed E-state index contributed by atoms with van der Waals surface area (Å²) in [6.07, 6.45) is -0.0138. The molecule has 0 saturated carbocycles. The van der Waals surface area contributed by atoms with Crippen LogP contribution in [0.15, 0.2) is 102 Å². The molecule has 1 saturated heterocycles. The Hall–Kier alpha value is -3.46. The lowest BCUT2D eigenvalue weighted by Crippen LogP contribution is -2.31. The van der Waals surface area contributed by atoms with Crippen LogP contribution in [0.1, 0.15) is 48.0 Å². The number of ether oxygens (including phenoxy) is 2. The van der Waals surface area contributed by atoms with Gasteiger partial charge in [0.25, 0.3) is 0 Å². The number of amides is 1. The van der Waals surface area contributed by atoms with Gasteiger partial charge in [-0.15, -0.1) is 11.8 Å². The fraction of sp³-hybridized carbons (Fsp3) is 0.242. The average molecular weight is 555 g/mol. The zero-order valence-electron chi connectivity index (χ0n) is 22.5. The van der Waals surface area contributed by atoms with Crippen molar-refractivity contribution < 1.29 is 19.4 Å². The van der Waals surface area contributed by atoms with Crippen molar-refractivity contribution in [2.75, 3.05) is 11.1 Å². The molecule has 0 bridgehead atoms. The van der Waals surface area contributed by atoms with Crippen LogP contribution in [0.3, 0.4) is 0 Å². The van der Waals surface area contributed by atoms with E-state index in [1.807, 2.05) is 72.8 Å². The summed E-state index contributed by atoms with van der Waals surface area (Å²) in [6, 6.07) is 32.3. The minimum absolute atomic E-state index is 0.00960. The predicted molar refractivity (Wildman–Crippen MR) is 160 cm³/mol. The van der Waals surface area contributed by atoms with Crippen LogP contribution in [-0.2, 0) is 27.4 Å². The highest BCUT2D eigenvalue weighted by atomic mass is 32.2. The molecular weight excluding hydrogens is 520 g/mol.